The van der Waals surface area contributed by atoms with Crippen molar-refractivity contribution in [1.29, 1.82) is 0 Å². The van der Waals surface area contributed by atoms with Crippen LogP contribution in [0.1, 0.15) is 33.1 Å². The predicted octanol–water partition coefficient (Wildman–Crippen LogP) is 1.82. The van der Waals surface area contributed by atoms with Gasteiger partial charge < -0.3 is 24.6 Å². The van der Waals surface area contributed by atoms with Gasteiger partial charge in [0, 0.05) is 49.8 Å². The summed E-state index contributed by atoms with van der Waals surface area (Å²) in [6.45, 7) is 5.45. The number of ether oxygens (including phenoxy) is 2. The van der Waals surface area contributed by atoms with Crippen LogP contribution >= 0.6 is 0 Å². The van der Waals surface area contributed by atoms with Gasteiger partial charge >= 0.3 is 0 Å². The van der Waals surface area contributed by atoms with E-state index in [1.54, 1.807) is 37.3 Å². The summed E-state index contributed by atoms with van der Waals surface area (Å²) in [6.07, 6.45) is 1.67. The third kappa shape index (κ3) is 4.68. The van der Waals surface area contributed by atoms with Crippen LogP contribution in [0.5, 0.6) is 11.5 Å². The molecule has 3 rings (SSSR count). The minimum atomic E-state index is -0.388. The van der Waals surface area contributed by atoms with Gasteiger partial charge in [-0.15, -0.1) is 0 Å². The smallest absolute Gasteiger partial charge is 0.227 e. The molecule has 0 aromatic heterocycles. The maximum Gasteiger partial charge on any atom is 0.227 e. The highest BCUT2D eigenvalue weighted by Gasteiger charge is 2.36. The number of carbonyl (C=O) groups is 3. The average molecular weight is 418 g/mol. The SMILES string of the molecule is COc1ccc(N2C[C@H](C(=O)NC3CCN(C(=O)C(C)C)CC3)CC2=O)cc1OC. The Morgan fingerprint density at radius 1 is 1.10 bits per heavy atom. The maximum atomic E-state index is 12.8. The topological polar surface area (TPSA) is 88.2 Å². The number of piperidine rings is 1. The van der Waals surface area contributed by atoms with Crippen LogP contribution in [0.2, 0.25) is 0 Å². The molecule has 8 nitrogen and oxygen atoms in total. The molecule has 1 aromatic carbocycles. The van der Waals surface area contributed by atoms with Crippen molar-refractivity contribution in [3.05, 3.63) is 18.2 Å². The zero-order valence-electron chi connectivity index (χ0n) is 18.1. The summed E-state index contributed by atoms with van der Waals surface area (Å²) in [5.74, 6) is 0.707. The molecule has 30 heavy (non-hydrogen) atoms. The van der Waals surface area contributed by atoms with E-state index in [1.807, 2.05) is 18.7 Å². The van der Waals surface area contributed by atoms with E-state index >= 15 is 0 Å². The number of methoxy groups -OCH3 is 2. The molecular weight excluding hydrogens is 386 g/mol. The van der Waals surface area contributed by atoms with Gasteiger partial charge in [0.25, 0.3) is 0 Å². The van der Waals surface area contributed by atoms with Crippen LogP contribution in [-0.4, -0.2) is 62.5 Å². The molecule has 1 aromatic rings. The molecule has 0 saturated carbocycles. The fraction of sp³-hybridized carbons (Fsp3) is 0.591. The van der Waals surface area contributed by atoms with Crippen molar-refractivity contribution in [2.75, 3.05) is 38.8 Å². The van der Waals surface area contributed by atoms with Crippen LogP contribution in [0.4, 0.5) is 5.69 Å². The molecule has 1 atom stereocenters. The molecule has 2 aliphatic heterocycles. The number of carbonyl (C=O) groups excluding carboxylic acids is 3. The summed E-state index contributed by atoms with van der Waals surface area (Å²) in [5.41, 5.74) is 0.688. The first-order valence-electron chi connectivity index (χ1n) is 10.5. The van der Waals surface area contributed by atoms with Crippen molar-refractivity contribution in [1.82, 2.24) is 10.2 Å². The zero-order chi connectivity index (χ0) is 21.8. The predicted molar refractivity (Wildman–Crippen MR) is 113 cm³/mol. The van der Waals surface area contributed by atoms with Crippen LogP contribution in [-0.2, 0) is 14.4 Å². The van der Waals surface area contributed by atoms with E-state index in [9.17, 15) is 14.4 Å². The van der Waals surface area contributed by atoms with Crippen molar-refractivity contribution in [3.63, 3.8) is 0 Å². The van der Waals surface area contributed by atoms with Crippen molar-refractivity contribution >= 4 is 23.4 Å². The molecule has 2 saturated heterocycles. The molecule has 2 fully saturated rings. The van der Waals surface area contributed by atoms with Crippen LogP contribution in [0.25, 0.3) is 0 Å². The van der Waals surface area contributed by atoms with Crippen molar-refractivity contribution in [3.8, 4) is 11.5 Å². The van der Waals surface area contributed by atoms with Crippen LogP contribution in [0, 0.1) is 11.8 Å². The molecule has 1 N–H and O–H groups in total. The number of hydrogen-bond donors (Lipinski definition) is 1. The number of anilines is 1. The minimum absolute atomic E-state index is 0.0109. The normalized spacial score (nSPS) is 19.9. The highest BCUT2D eigenvalue weighted by molar-refractivity contribution is 6.00. The highest BCUT2D eigenvalue weighted by Crippen LogP contribution is 2.34. The van der Waals surface area contributed by atoms with E-state index in [1.165, 1.54) is 0 Å². The third-order valence-corrected chi connectivity index (χ3v) is 5.82. The Bertz CT molecular complexity index is 802. The summed E-state index contributed by atoms with van der Waals surface area (Å²) in [6, 6.07) is 5.33. The zero-order valence-corrected chi connectivity index (χ0v) is 18.1. The molecule has 0 bridgehead atoms. The molecule has 0 spiro atoms. The van der Waals surface area contributed by atoms with E-state index in [4.69, 9.17) is 9.47 Å². The lowest BCUT2D eigenvalue weighted by Crippen LogP contribution is -2.48. The van der Waals surface area contributed by atoms with Gasteiger partial charge in [0.05, 0.1) is 20.1 Å². The average Bonchev–Trinajstić information content (AvgIpc) is 3.15. The third-order valence-electron chi connectivity index (χ3n) is 5.82. The lowest BCUT2D eigenvalue weighted by Gasteiger charge is -2.33. The second kappa shape index (κ2) is 9.36. The molecule has 0 unspecified atom stereocenters. The van der Waals surface area contributed by atoms with Gasteiger partial charge in [-0.3, -0.25) is 14.4 Å². The molecule has 3 amide bonds. The van der Waals surface area contributed by atoms with Gasteiger partial charge in [-0.05, 0) is 25.0 Å². The Balaban J connectivity index is 1.56. The van der Waals surface area contributed by atoms with Crippen molar-refractivity contribution in [2.24, 2.45) is 11.8 Å². The standard InChI is InChI=1S/C22H31N3O5/c1-14(2)22(28)24-9-7-16(8-10-24)23-21(27)15-11-20(26)25(13-15)17-5-6-18(29-3)19(12-17)30-4/h5-6,12,14-16H,7-11,13H2,1-4H3,(H,23,27)/t15-/m1/s1. The first-order valence-corrected chi connectivity index (χ1v) is 10.5. The summed E-state index contributed by atoms with van der Waals surface area (Å²) in [7, 11) is 3.10. The van der Waals surface area contributed by atoms with E-state index in [0.29, 0.717) is 36.8 Å². The first-order chi connectivity index (χ1) is 14.3. The molecular formula is C22H31N3O5. The number of likely N-dealkylation sites (tertiary alicyclic amines) is 1. The molecule has 164 valence electrons. The van der Waals surface area contributed by atoms with E-state index in [2.05, 4.69) is 5.32 Å². The largest absolute Gasteiger partial charge is 0.493 e. The maximum absolute atomic E-state index is 12.8. The quantitative estimate of drug-likeness (QED) is 0.763. The fourth-order valence-corrected chi connectivity index (χ4v) is 4.05. The van der Waals surface area contributed by atoms with Gasteiger partial charge in [0.1, 0.15) is 0 Å². The molecule has 0 aliphatic carbocycles. The fourth-order valence-electron chi connectivity index (χ4n) is 4.05. The minimum Gasteiger partial charge on any atom is -0.493 e. The van der Waals surface area contributed by atoms with Crippen molar-refractivity contribution in [2.45, 2.75) is 39.2 Å². The number of nitrogens with one attached hydrogen (secondary N) is 1. The highest BCUT2D eigenvalue weighted by atomic mass is 16.5. The lowest BCUT2D eigenvalue weighted by molar-refractivity contribution is -0.135. The molecule has 8 heteroatoms. The summed E-state index contributed by atoms with van der Waals surface area (Å²) < 4.78 is 10.6. The first kappa shape index (κ1) is 21.9. The second-order valence-electron chi connectivity index (χ2n) is 8.21. The van der Waals surface area contributed by atoms with Crippen LogP contribution in [0.15, 0.2) is 18.2 Å². The monoisotopic (exact) mass is 417 g/mol. The Morgan fingerprint density at radius 2 is 1.77 bits per heavy atom. The number of rotatable bonds is 6. The Morgan fingerprint density at radius 3 is 2.37 bits per heavy atom. The molecule has 0 radical (unpaired) electrons. The number of hydrogen-bond acceptors (Lipinski definition) is 5. The van der Waals surface area contributed by atoms with Gasteiger partial charge in [0.15, 0.2) is 11.5 Å². The van der Waals surface area contributed by atoms with Crippen LogP contribution < -0.4 is 19.7 Å². The summed E-state index contributed by atoms with van der Waals surface area (Å²) >= 11 is 0. The van der Waals surface area contributed by atoms with E-state index < -0.39 is 0 Å². The second-order valence-corrected chi connectivity index (χ2v) is 8.21. The van der Waals surface area contributed by atoms with Gasteiger partial charge in [-0.2, -0.15) is 0 Å². The molecule has 2 heterocycles. The Hall–Kier alpha value is -2.77. The number of amides is 3. The summed E-state index contributed by atoms with van der Waals surface area (Å²) in [4.78, 5) is 40.9. The van der Waals surface area contributed by atoms with Gasteiger partial charge in [0.2, 0.25) is 17.7 Å². The van der Waals surface area contributed by atoms with E-state index in [0.717, 1.165) is 12.8 Å². The lowest BCUT2D eigenvalue weighted by atomic mass is 10.0. The molecule has 2 aliphatic rings. The van der Waals surface area contributed by atoms with Gasteiger partial charge in [-0.1, -0.05) is 13.8 Å². The number of nitrogens with zero attached hydrogens (tertiary/aromatic N) is 2. The number of benzene rings is 1. The Kier molecular flexibility index (Phi) is 6.84. The van der Waals surface area contributed by atoms with Gasteiger partial charge in [-0.25, -0.2) is 0 Å². The van der Waals surface area contributed by atoms with Crippen molar-refractivity contribution < 1.29 is 23.9 Å². The summed E-state index contributed by atoms with van der Waals surface area (Å²) in [5, 5.41) is 3.08. The van der Waals surface area contributed by atoms with Crippen LogP contribution in [0.3, 0.4) is 0 Å². The Labute approximate surface area is 177 Å². The van der Waals surface area contributed by atoms with E-state index in [-0.39, 0.29) is 42.0 Å².